The van der Waals surface area contributed by atoms with Crippen LogP contribution in [0.2, 0.25) is 5.02 Å². The van der Waals surface area contributed by atoms with E-state index in [-0.39, 0.29) is 19.1 Å². The summed E-state index contributed by atoms with van der Waals surface area (Å²) in [6.07, 6.45) is 1.42. The summed E-state index contributed by atoms with van der Waals surface area (Å²) < 4.78 is 7.05. The van der Waals surface area contributed by atoms with Crippen LogP contribution in [0, 0.1) is 13.8 Å². The summed E-state index contributed by atoms with van der Waals surface area (Å²) in [5, 5.41) is 7.87. The van der Waals surface area contributed by atoms with Gasteiger partial charge in [-0.2, -0.15) is 10.1 Å². The van der Waals surface area contributed by atoms with E-state index in [4.69, 9.17) is 16.3 Å². The molecule has 0 unspecified atom stereocenters. The molecule has 3 aromatic rings. The van der Waals surface area contributed by atoms with Gasteiger partial charge < -0.3 is 15.0 Å². The Labute approximate surface area is 203 Å². The van der Waals surface area contributed by atoms with E-state index in [1.807, 2.05) is 38.1 Å². The van der Waals surface area contributed by atoms with Gasteiger partial charge in [0, 0.05) is 16.4 Å². The third-order valence-electron chi connectivity index (χ3n) is 5.84. The van der Waals surface area contributed by atoms with Crippen LogP contribution in [0.3, 0.4) is 0 Å². The van der Waals surface area contributed by atoms with E-state index in [9.17, 15) is 9.59 Å². The predicted octanol–water partition coefficient (Wildman–Crippen LogP) is 4.43. The monoisotopic (exact) mass is 479 g/mol. The van der Waals surface area contributed by atoms with E-state index in [1.165, 1.54) is 6.33 Å². The average Bonchev–Trinajstić information content (AvgIpc) is 3.29. The third-order valence-corrected chi connectivity index (χ3v) is 6.25. The number of aryl methyl sites for hydroxylation is 1. The number of benzene rings is 2. The summed E-state index contributed by atoms with van der Waals surface area (Å²) in [5.74, 6) is -0.270. The minimum Gasteiger partial charge on any atom is -0.463 e. The molecule has 1 aliphatic heterocycles. The van der Waals surface area contributed by atoms with Gasteiger partial charge in [-0.3, -0.25) is 4.79 Å². The molecule has 0 aliphatic carbocycles. The number of nitrogens with one attached hydrogen (secondary N) is 1. The van der Waals surface area contributed by atoms with Crippen molar-refractivity contribution in [2.24, 2.45) is 0 Å². The molecule has 0 bridgehead atoms. The quantitative estimate of drug-likeness (QED) is 0.526. The lowest BCUT2D eigenvalue weighted by atomic mass is 9.94. The number of anilines is 2. The molecule has 0 spiro atoms. The summed E-state index contributed by atoms with van der Waals surface area (Å²) in [7, 11) is 0. The van der Waals surface area contributed by atoms with Gasteiger partial charge in [0.25, 0.3) is 0 Å². The maximum atomic E-state index is 13.1. The zero-order valence-electron chi connectivity index (χ0n) is 19.5. The molecule has 9 heteroatoms. The first-order valence-corrected chi connectivity index (χ1v) is 11.4. The van der Waals surface area contributed by atoms with E-state index in [1.54, 1.807) is 41.6 Å². The number of carbonyl (C=O) groups excluding carboxylic acids is 2. The highest BCUT2D eigenvalue weighted by atomic mass is 35.5. The molecular formula is C25H26ClN5O3. The van der Waals surface area contributed by atoms with Crippen LogP contribution in [-0.4, -0.2) is 39.8 Å². The number of fused-ring (bicyclic) bond motifs is 1. The van der Waals surface area contributed by atoms with E-state index >= 15 is 0 Å². The van der Waals surface area contributed by atoms with Gasteiger partial charge in [0.1, 0.15) is 18.9 Å². The van der Waals surface area contributed by atoms with Crippen molar-refractivity contribution in [1.82, 2.24) is 14.8 Å². The van der Waals surface area contributed by atoms with Crippen molar-refractivity contribution in [3.63, 3.8) is 0 Å². The molecule has 4 rings (SSSR count). The molecule has 0 saturated carbocycles. The molecule has 1 amide bonds. The smallest absolute Gasteiger partial charge is 0.338 e. The minimum absolute atomic E-state index is 0.0694. The molecule has 2 aromatic carbocycles. The molecule has 176 valence electrons. The molecule has 0 fully saturated rings. The zero-order chi connectivity index (χ0) is 24.4. The van der Waals surface area contributed by atoms with Crippen molar-refractivity contribution >= 4 is 35.1 Å². The van der Waals surface area contributed by atoms with Crippen LogP contribution in [0.1, 0.15) is 36.6 Å². The number of esters is 1. The second kappa shape index (κ2) is 9.69. The molecule has 1 aliphatic rings. The van der Waals surface area contributed by atoms with E-state index in [0.717, 1.165) is 16.7 Å². The van der Waals surface area contributed by atoms with Crippen LogP contribution < -0.4 is 10.2 Å². The second-order valence-electron chi connectivity index (χ2n) is 8.08. The number of aromatic nitrogens is 3. The van der Waals surface area contributed by atoms with Crippen molar-refractivity contribution in [2.45, 2.75) is 33.7 Å². The largest absolute Gasteiger partial charge is 0.463 e. The SMILES string of the molecule is CCOC(=O)C1=C(C)N(CC(=O)Nc2cccc(Cl)c2C)c2ncnn2[C@H]1c1ccc(C)cc1. The average molecular weight is 480 g/mol. The maximum Gasteiger partial charge on any atom is 0.338 e. The number of hydrogen-bond acceptors (Lipinski definition) is 6. The van der Waals surface area contributed by atoms with Crippen LogP contribution in [0.4, 0.5) is 11.6 Å². The number of carbonyl (C=O) groups is 2. The second-order valence-corrected chi connectivity index (χ2v) is 8.49. The van der Waals surface area contributed by atoms with Crippen molar-refractivity contribution in [3.05, 3.63) is 81.8 Å². The molecule has 8 nitrogen and oxygen atoms in total. The number of amides is 1. The van der Waals surface area contributed by atoms with Gasteiger partial charge in [0.2, 0.25) is 11.9 Å². The molecule has 1 atom stereocenters. The highest BCUT2D eigenvalue weighted by molar-refractivity contribution is 6.31. The minimum atomic E-state index is -0.522. The highest BCUT2D eigenvalue weighted by Crippen LogP contribution is 2.38. The zero-order valence-corrected chi connectivity index (χ0v) is 20.3. The summed E-state index contributed by atoms with van der Waals surface area (Å²) in [5.41, 5.74) is 4.38. The molecule has 1 aromatic heterocycles. The van der Waals surface area contributed by atoms with Gasteiger partial charge in [-0.15, -0.1) is 0 Å². The fraction of sp³-hybridized carbons (Fsp3) is 0.280. The third kappa shape index (κ3) is 4.41. The Morgan fingerprint density at radius 3 is 2.56 bits per heavy atom. The van der Waals surface area contributed by atoms with E-state index in [2.05, 4.69) is 15.4 Å². The summed E-state index contributed by atoms with van der Waals surface area (Å²) in [6, 6.07) is 12.7. The van der Waals surface area contributed by atoms with Crippen molar-refractivity contribution in [2.75, 3.05) is 23.4 Å². The number of ether oxygens (including phenoxy) is 1. The van der Waals surface area contributed by atoms with Gasteiger partial charge in [0.15, 0.2) is 0 Å². The first kappa shape index (κ1) is 23.5. The van der Waals surface area contributed by atoms with Crippen LogP contribution in [-0.2, 0) is 14.3 Å². The molecule has 0 saturated heterocycles. The predicted molar refractivity (Wildman–Crippen MR) is 131 cm³/mol. The molecule has 2 heterocycles. The molecular weight excluding hydrogens is 454 g/mol. The Balaban J connectivity index is 1.73. The lowest BCUT2D eigenvalue weighted by Gasteiger charge is -2.35. The van der Waals surface area contributed by atoms with Crippen LogP contribution >= 0.6 is 11.6 Å². The van der Waals surface area contributed by atoms with Crippen LogP contribution in [0.15, 0.2) is 60.1 Å². The van der Waals surface area contributed by atoms with Crippen LogP contribution in [0.5, 0.6) is 0 Å². The summed E-state index contributed by atoms with van der Waals surface area (Å²) in [6.45, 7) is 7.56. The lowest BCUT2D eigenvalue weighted by molar-refractivity contribution is -0.139. The Kier molecular flexibility index (Phi) is 6.70. The van der Waals surface area contributed by atoms with Gasteiger partial charge in [-0.05, 0) is 51.0 Å². The Bertz CT molecular complexity index is 1270. The van der Waals surface area contributed by atoms with Gasteiger partial charge >= 0.3 is 5.97 Å². The fourth-order valence-electron chi connectivity index (χ4n) is 4.03. The maximum absolute atomic E-state index is 13.1. The summed E-state index contributed by atoms with van der Waals surface area (Å²) in [4.78, 5) is 32.2. The number of hydrogen-bond donors (Lipinski definition) is 1. The number of nitrogens with zero attached hydrogens (tertiary/aromatic N) is 4. The Hall–Kier alpha value is -3.65. The van der Waals surface area contributed by atoms with Gasteiger partial charge in [0.05, 0.1) is 12.2 Å². The summed E-state index contributed by atoms with van der Waals surface area (Å²) >= 11 is 6.19. The molecule has 0 radical (unpaired) electrons. The van der Waals surface area contributed by atoms with Crippen LogP contribution in [0.25, 0.3) is 0 Å². The Morgan fingerprint density at radius 2 is 1.85 bits per heavy atom. The standard InChI is InChI=1S/C25H26ClN5O3/c1-5-34-24(33)22-17(4)30(13-21(32)29-20-8-6-7-19(26)16(20)3)25-27-14-28-31(25)23(22)18-11-9-15(2)10-12-18/h6-12,14,23H,5,13H2,1-4H3,(H,29,32)/t23-/m0/s1. The Morgan fingerprint density at radius 1 is 1.12 bits per heavy atom. The topological polar surface area (TPSA) is 89.3 Å². The first-order valence-electron chi connectivity index (χ1n) is 11.0. The van der Waals surface area contributed by atoms with Gasteiger partial charge in [-0.1, -0.05) is 47.5 Å². The highest BCUT2D eigenvalue weighted by Gasteiger charge is 2.38. The lowest BCUT2D eigenvalue weighted by Crippen LogP contribution is -2.41. The molecule has 34 heavy (non-hydrogen) atoms. The van der Waals surface area contributed by atoms with Gasteiger partial charge in [-0.25, -0.2) is 9.48 Å². The van der Waals surface area contributed by atoms with E-state index < -0.39 is 12.0 Å². The normalized spacial score (nSPS) is 15.2. The number of allylic oxidation sites excluding steroid dienone is 1. The van der Waals surface area contributed by atoms with E-state index in [0.29, 0.717) is 27.9 Å². The number of rotatable bonds is 6. The van der Waals surface area contributed by atoms with Crippen molar-refractivity contribution < 1.29 is 14.3 Å². The van der Waals surface area contributed by atoms with Crippen molar-refractivity contribution in [1.29, 1.82) is 0 Å². The first-order chi connectivity index (χ1) is 16.3. The fourth-order valence-corrected chi connectivity index (χ4v) is 4.20. The number of halogens is 1. The van der Waals surface area contributed by atoms with Crippen molar-refractivity contribution in [3.8, 4) is 0 Å². The molecule has 1 N–H and O–H groups in total.